The van der Waals surface area contributed by atoms with Crippen LogP contribution in [0.1, 0.15) is 59.8 Å². The van der Waals surface area contributed by atoms with E-state index >= 15 is 0 Å². The SMILES string of the molecule is O=Cc1ccc(N(C2=CC=C(Cc3ccc(N(c4ccc(C=O)cc4)c4ccc(C=O)cc4)cc3)CC2)c2ccc(C=O)cc2)cc1. The third-order valence-corrected chi connectivity index (χ3v) is 8.28. The summed E-state index contributed by atoms with van der Waals surface area (Å²) in [6.07, 6.45) is 10.2. The fraction of sp³-hybridized carbons (Fsp3) is 0.0732. The largest absolute Gasteiger partial charge is 0.314 e. The van der Waals surface area contributed by atoms with Crippen molar-refractivity contribution in [1.82, 2.24) is 0 Å². The molecule has 0 aliphatic heterocycles. The number of nitrogens with zero attached hydrogens (tertiary/aromatic N) is 2. The van der Waals surface area contributed by atoms with Crippen LogP contribution in [0.4, 0.5) is 28.4 Å². The van der Waals surface area contributed by atoms with Crippen LogP contribution in [0.2, 0.25) is 0 Å². The maximum absolute atomic E-state index is 11.3. The van der Waals surface area contributed by atoms with Gasteiger partial charge in [-0.1, -0.05) is 23.8 Å². The summed E-state index contributed by atoms with van der Waals surface area (Å²) in [5.74, 6) is 0. The Morgan fingerprint density at radius 2 is 0.745 bits per heavy atom. The van der Waals surface area contributed by atoms with E-state index in [-0.39, 0.29) is 0 Å². The van der Waals surface area contributed by atoms with Gasteiger partial charge in [-0.3, -0.25) is 19.2 Å². The average molecular weight is 617 g/mol. The van der Waals surface area contributed by atoms with Crippen LogP contribution in [0.25, 0.3) is 0 Å². The number of aldehydes is 4. The monoisotopic (exact) mass is 616 g/mol. The molecular weight excluding hydrogens is 584 g/mol. The van der Waals surface area contributed by atoms with Crippen LogP contribution in [0.5, 0.6) is 0 Å². The van der Waals surface area contributed by atoms with Crippen molar-refractivity contribution in [2.45, 2.75) is 19.3 Å². The van der Waals surface area contributed by atoms with Crippen LogP contribution in [0.3, 0.4) is 0 Å². The van der Waals surface area contributed by atoms with Crippen LogP contribution in [-0.2, 0) is 6.42 Å². The molecular formula is C41H32N2O4. The highest BCUT2D eigenvalue weighted by Crippen LogP contribution is 2.37. The normalized spacial score (nSPS) is 12.3. The predicted molar refractivity (Wildman–Crippen MR) is 187 cm³/mol. The highest BCUT2D eigenvalue weighted by molar-refractivity contribution is 5.83. The summed E-state index contributed by atoms with van der Waals surface area (Å²) in [5.41, 5.74) is 10.7. The standard InChI is InChI=1S/C41H32N2O4/c44-26-32-5-17-38(18-6-32)42(39-19-7-33(27-45)8-20-39)36-13-1-30(2-14-36)25-31-3-15-37(16-4-31)43(40-21-9-34(28-46)10-22-40)41-23-11-35(29-47)12-24-41/h1-3,5-15,17-24,26-29H,4,16,25H2. The van der Waals surface area contributed by atoms with Gasteiger partial charge in [0, 0.05) is 56.4 Å². The summed E-state index contributed by atoms with van der Waals surface area (Å²) in [7, 11) is 0. The van der Waals surface area contributed by atoms with Gasteiger partial charge in [-0.15, -0.1) is 0 Å². The summed E-state index contributed by atoms with van der Waals surface area (Å²) in [6, 6.07) is 38.3. The van der Waals surface area contributed by atoms with Crippen molar-refractivity contribution in [2.24, 2.45) is 0 Å². The van der Waals surface area contributed by atoms with Crippen molar-refractivity contribution >= 4 is 53.6 Å². The van der Waals surface area contributed by atoms with Gasteiger partial charge in [-0.05, 0) is 140 Å². The first-order chi connectivity index (χ1) is 23.1. The Morgan fingerprint density at radius 1 is 0.404 bits per heavy atom. The molecule has 1 aliphatic carbocycles. The molecule has 0 saturated heterocycles. The van der Waals surface area contributed by atoms with E-state index in [4.69, 9.17) is 0 Å². The first-order valence-corrected chi connectivity index (χ1v) is 15.4. The fourth-order valence-corrected chi connectivity index (χ4v) is 5.76. The molecule has 5 aromatic rings. The minimum Gasteiger partial charge on any atom is -0.314 e. The van der Waals surface area contributed by atoms with Gasteiger partial charge in [0.2, 0.25) is 0 Å². The van der Waals surface area contributed by atoms with E-state index in [9.17, 15) is 19.2 Å². The molecule has 0 atom stereocenters. The Balaban J connectivity index is 1.24. The van der Waals surface area contributed by atoms with Crippen LogP contribution < -0.4 is 9.80 Å². The lowest BCUT2D eigenvalue weighted by Gasteiger charge is -2.30. The van der Waals surface area contributed by atoms with Crippen molar-refractivity contribution in [3.05, 3.63) is 173 Å². The lowest BCUT2D eigenvalue weighted by Crippen LogP contribution is -2.18. The summed E-state index contributed by atoms with van der Waals surface area (Å²) >= 11 is 0. The number of carbonyl (C=O) groups excluding carboxylic acids is 4. The van der Waals surface area contributed by atoms with E-state index in [0.717, 1.165) is 78.5 Å². The number of carbonyl (C=O) groups is 4. The molecule has 0 unspecified atom stereocenters. The number of hydrogen-bond acceptors (Lipinski definition) is 6. The maximum atomic E-state index is 11.3. The van der Waals surface area contributed by atoms with E-state index in [0.29, 0.717) is 22.3 Å². The van der Waals surface area contributed by atoms with E-state index in [1.54, 1.807) is 24.3 Å². The van der Waals surface area contributed by atoms with Crippen molar-refractivity contribution in [3.8, 4) is 0 Å². The number of hydrogen-bond donors (Lipinski definition) is 0. The lowest BCUT2D eigenvalue weighted by atomic mass is 9.95. The van der Waals surface area contributed by atoms with Gasteiger partial charge in [0.25, 0.3) is 0 Å². The molecule has 0 amide bonds. The van der Waals surface area contributed by atoms with E-state index < -0.39 is 0 Å². The second-order valence-corrected chi connectivity index (χ2v) is 11.3. The smallest absolute Gasteiger partial charge is 0.150 e. The molecule has 6 heteroatoms. The van der Waals surface area contributed by atoms with Gasteiger partial charge in [-0.2, -0.15) is 0 Å². The zero-order chi connectivity index (χ0) is 32.6. The Bertz CT molecular complexity index is 1840. The molecule has 0 radical (unpaired) electrons. The molecule has 0 aromatic heterocycles. The lowest BCUT2D eigenvalue weighted by molar-refractivity contribution is 0.111. The van der Waals surface area contributed by atoms with Crippen molar-refractivity contribution in [3.63, 3.8) is 0 Å². The Labute approximate surface area is 273 Å². The molecule has 5 aromatic carbocycles. The fourth-order valence-electron chi connectivity index (χ4n) is 5.76. The van der Waals surface area contributed by atoms with E-state index in [2.05, 4.69) is 46.2 Å². The van der Waals surface area contributed by atoms with E-state index in [1.165, 1.54) is 11.1 Å². The zero-order valence-corrected chi connectivity index (χ0v) is 25.7. The average Bonchev–Trinajstić information content (AvgIpc) is 3.14. The van der Waals surface area contributed by atoms with E-state index in [1.807, 2.05) is 72.8 Å². The molecule has 1 aliphatic rings. The molecule has 0 saturated carbocycles. The molecule has 0 bridgehead atoms. The molecule has 230 valence electrons. The third-order valence-electron chi connectivity index (χ3n) is 8.28. The molecule has 0 N–H and O–H groups in total. The molecule has 6 rings (SSSR count). The number of benzene rings is 5. The van der Waals surface area contributed by atoms with Gasteiger partial charge < -0.3 is 9.80 Å². The van der Waals surface area contributed by atoms with Gasteiger partial charge in [0.15, 0.2) is 0 Å². The minimum absolute atomic E-state index is 0.605. The van der Waals surface area contributed by atoms with Crippen molar-refractivity contribution < 1.29 is 19.2 Å². The highest BCUT2D eigenvalue weighted by Gasteiger charge is 2.18. The number of rotatable bonds is 12. The predicted octanol–water partition coefficient (Wildman–Crippen LogP) is 9.39. The Morgan fingerprint density at radius 3 is 1.06 bits per heavy atom. The topological polar surface area (TPSA) is 74.8 Å². The highest BCUT2D eigenvalue weighted by atomic mass is 16.1. The first kappa shape index (κ1) is 30.9. The third kappa shape index (κ3) is 7.08. The zero-order valence-electron chi connectivity index (χ0n) is 25.7. The summed E-state index contributed by atoms with van der Waals surface area (Å²) < 4.78 is 0. The minimum atomic E-state index is 0.605. The van der Waals surface area contributed by atoms with Crippen LogP contribution >= 0.6 is 0 Å². The number of anilines is 5. The Kier molecular flexibility index (Phi) is 9.40. The Hall–Kier alpha value is -6.14. The maximum Gasteiger partial charge on any atom is 0.150 e. The molecule has 6 nitrogen and oxygen atoms in total. The van der Waals surface area contributed by atoms with Crippen LogP contribution in [0, 0.1) is 0 Å². The quantitative estimate of drug-likeness (QED) is 0.130. The van der Waals surface area contributed by atoms with Crippen molar-refractivity contribution in [1.29, 1.82) is 0 Å². The van der Waals surface area contributed by atoms with Gasteiger partial charge in [0.05, 0.1) is 0 Å². The van der Waals surface area contributed by atoms with Gasteiger partial charge in [-0.25, -0.2) is 0 Å². The summed E-state index contributed by atoms with van der Waals surface area (Å²) in [4.78, 5) is 49.3. The molecule has 47 heavy (non-hydrogen) atoms. The second kappa shape index (κ2) is 14.3. The van der Waals surface area contributed by atoms with Gasteiger partial charge >= 0.3 is 0 Å². The van der Waals surface area contributed by atoms with Crippen LogP contribution in [0.15, 0.2) is 145 Å². The second-order valence-electron chi connectivity index (χ2n) is 11.3. The van der Waals surface area contributed by atoms with Crippen LogP contribution in [-0.4, -0.2) is 25.1 Å². The summed E-state index contributed by atoms with van der Waals surface area (Å²) in [6.45, 7) is 0. The summed E-state index contributed by atoms with van der Waals surface area (Å²) in [5, 5.41) is 0. The molecule has 0 fully saturated rings. The van der Waals surface area contributed by atoms with Gasteiger partial charge in [0.1, 0.15) is 25.1 Å². The molecule has 0 spiro atoms. The first-order valence-electron chi connectivity index (χ1n) is 15.4. The number of allylic oxidation sites excluding steroid dienone is 4. The van der Waals surface area contributed by atoms with Crippen molar-refractivity contribution in [2.75, 3.05) is 9.80 Å². The molecule has 0 heterocycles.